The highest BCUT2D eigenvalue weighted by molar-refractivity contribution is 5.85. The second-order valence-corrected chi connectivity index (χ2v) is 3.95. The third-order valence-electron chi connectivity index (χ3n) is 2.84. The number of aromatic nitrogens is 3. The maximum absolute atomic E-state index is 11.9. The Morgan fingerprint density at radius 3 is 3.13 bits per heavy atom. The summed E-state index contributed by atoms with van der Waals surface area (Å²) in [6.07, 6.45) is 5.14. The van der Waals surface area contributed by atoms with E-state index in [2.05, 4.69) is 15.4 Å². The highest BCUT2D eigenvalue weighted by atomic mass is 16.1. The topological polar surface area (TPSA) is 59.8 Å². The van der Waals surface area contributed by atoms with Crippen LogP contribution in [-0.2, 0) is 18.3 Å². The second kappa shape index (κ2) is 4.53. The zero-order valence-electron chi connectivity index (χ0n) is 8.94. The molecule has 5 nitrogen and oxygen atoms in total. The molecule has 1 aromatic rings. The van der Waals surface area contributed by atoms with Gasteiger partial charge in [-0.15, -0.1) is 0 Å². The van der Waals surface area contributed by atoms with Gasteiger partial charge in [0, 0.05) is 7.05 Å². The van der Waals surface area contributed by atoms with Crippen LogP contribution in [0.2, 0.25) is 0 Å². The summed E-state index contributed by atoms with van der Waals surface area (Å²) in [5.74, 6) is 0.971. The Balaban J connectivity index is 1.94. The number of carbonyl (C=O) groups is 1. The first kappa shape index (κ1) is 10.3. The van der Waals surface area contributed by atoms with Crippen molar-refractivity contribution < 1.29 is 4.79 Å². The number of nitrogens with zero attached hydrogens (tertiary/aromatic N) is 3. The molecular weight excluding hydrogens is 192 g/mol. The molecule has 0 aromatic carbocycles. The lowest BCUT2D eigenvalue weighted by atomic mass is 9.99. The Morgan fingerprint density at radius 2 is 2.53 bits per heavy atom. The molecule has 1 atom stereocenters. The smallest absolute Gasteiger partial charge is 0.157 e. The summed E-state index contributed by atoms with van der Waals surface area (Å²) in [7, 11) is 1.81. The van der Waals surface area contributed by atoms with Crippen LogP contribution in [0, 0.1) is 0 Å². The molecule has 5 heteroatoms. The Labute approximate surface area is 88.9 Å². The quantitative estimate of drug-likeness (QED) is 0.763. The van der Waals surface area contributed by atoms with Crippen molar-refractivity contribution >= 4 is 5.78 Å². The molecule has 15 heavy (non-hydrogen) atoms. The maximum atomic E-state index is 11.9. The molecule has 2 heterocycles. The number of ketones is 1. The SMILES string of the molecule is Cn1ncnc1CC(=O)C1CCCCN1. The van der Waals surface area contributed by atoms with Crippen LogP contribution in [0.4, 0.5) is 0 Å². The Bertz CT molecular complexity index is 341. The molecule has 0 saturated carbocycles. The molecule has 1 aliphatic rings. The van der Waals surface area contributed by atoms with E-state index in [4.69, 9.17) is 0 Å². The zero-order chi connectivity index (χ0) is 10.7. The third-order valence-corrected chi connectivity index (χ3v) is 2.84. The highest BCUT2D eigenvalue weighted by Crippen LogP contribution is 2.09. The summed E-state index contributed by atoms with van der Waals surface area (Å²) in [6, 6.07) is 0.0236. The van der Waals surface area contributed by atoms with Gasteiger partial charge < -0.3 is 5.32 Å². The van der Waals surface area contributed by atoms with Gasteiger partial charge in [-0.1, -0.05) is 6.42 Å². The van der Waals surface area contributed by atoms with Crippen molar-refractivity contribution in [2.24, 2.45) is 7.05 Å². The van der Waals surface area contributed by atoms with Crippen molar-refractivity contribution in [3.05, 3.63) is 12.2 Å². The summed E-state index contributed by atoms with van der Waals surface area (Å²) in [4.78, 5) is 15.9. The van der Waals surface area contributed by atoms with Crippen molar-refractivity contribution in [2.75, 3.05) is 6.54 Å². The van der Waals surface area contributed by atoms with Crippen LogP contribution in [0.3, 0.4) is 0 Å². The Kier molecular flexibility index (Phi) is 3.11. The van der Waals surface area contributed by atoms with Gasteiger partial charge in [0.15, 0.2) is 5.78 Å². The second-order valence-electron chi connectivity index (χ2n) is 3.95. The van der Waals surface area contributed by atoms with E-state index < -0.39 is 0 Å². The molecule has 0 spiro atoms. The molecule has 1 aromatic heterocycles. The largest absolute Gasteiger partial charge is 0.307 e. The molecule has 1 saturated heterocycles. The predicted octanol–water partition coefficient (Wildman–Crippen LogP) is 0.0688. The van der Waals surface area contributed by atoms with Gasteiger partial charge >= 0.3 is 0 Å². The van der Waals surface area contributed by atoms with Crippen molar-refractivity contribution in [1.29, 1.82) is 0 Å². The van der Waals surface area contributed by atoms with Crippen LogP contribution in [0.5, 0.6) is 0 Å². The normalized spacial score (nSPS) is 21.5. The lowest BCUT2D eigenvalue weighted by molar-refractivity contribution is -0.121. The number of hydrogen-bond acceptors (Lipinski definition) is 4. The Morgan fingerprint density at radius 1 is 1.67 bits per heavy atom. The molecule has 1 fully saturated rings. The van der Waals surface area contributed by atoms with E-state index >= 15 is 0 Å². The molecule has 0 bridgehead atoms. The minimum Gasteiger partial charge on any atom is -0.307 e. The maximum Gasteiger partial charge on any atom is 0.157 e. The van der Waals surface area contributed by atoms with E-state index in [1.807, 2.05) is 7.05 Å². The first-order valence-electron chi connectivity index (χ1n) is 5.36. The fourth-order valence-corrected chi connectivity index (χ4v) is 1.89. The monoisotopic (exact) mass is 208 g/mol. The number of hydrogen-bond donors (Lipinski definition) is 1. The molecule has 82 valence electrons. The van der Waals surface area contributed by atoms with Gasteiger partial charge in [0.2, 0.25) is 0 Å². The fourth-order valence-electron chi connectivity index (χ4n) is 1.89. The number of rotatable bonds is 3. The van der Waals surface area contributed by atoms with Crippen LogP contribution in [0.25, 0.3) is 0 Å². The number of piperidine rings is 1. The van der Waals surface area contributed by atoms with Crippen molar-refractivity contribution in [3.63, 3.8) is 0 Å². The average Bonchev–Trinajstić information content (AvgIpc) is 2.66. The summed E-state index contributed by atoms with van der Waals surface area (Å²) >= 11 is 0. The fraction of sp³-hybridized carbons (Fsp3) is 0.700. The summed E-state index contributed by atoms with van der Waals surface area (Å²) in [5.41, 5.74) is 0. The number of aryl methyl sites for hydroxylation is 1. The number of Topliss-reactive ketones (excluding diaryl/α,β-unsaturated/α-hetero) is 1. The molecule has 1 aliphatic heterocycles. The van der Waals surface area contributed by atoms with Crippen LogP contribution < -0.4 is 5.32 Å². The lowest BCUT2D eigenvalue weighted by Crippen LogP contribution is -2.41. The third kappa shape index (κ3) is 2.41. The van der Waals surface area contributed by atoms with Gasteiger partial charge in [-0.2, -0.15) is 5.10 Å². The molecule has 2 rings (SSSR count). The van der Waals surface area contributed by atoms with E-state index in [9.17, 15) is 4.79 Å². The minimum atomic E-state index is 0.0236. The Hall–Kier alpha value is -1.23. The van der Waals surface area contributed by atoms with E-state index in [1.165, 1.54) is 12.7 Å². The summed E-state index contributed by atoms with van der Waals surface area (Å²) < 4.78 is 1.65. The van der Waals surface area contributed by atoms with Crippen LogP contribution in [0.15, 0.2) is 6.33 Å². The van der Waals surface area contributed by atoms with Gasteiger partial charge in [0.1, 0.15) is 12.2 Å². The van der Waals surface area contributed by atoms with Crippen LogP contribution in [0.1, 0.15) is 25.1 Å². The van der Waals surface area contributed by atoms with Gasteiger partial charge in [-0.05, 0) is 19.4 Å². The van der Waals surface area contributed by atoms with Gasteiger partial charge in [0.25, 0.3) is 0 Å². The van der Waals surface area contributed by atoms with Crippen LogP contribution >= 0.6 is 0 Å². The summed E-state index contributed by atoms with van der Waals surface area (Å²) in [5, 5.41) is 7.19. The molecule has 1 unspecified atom stereocenters. The molecule has 0 amide bonds. The lowest BCUT2D eigenvalue weighted by Gasteiger charge is -2.21. The van der Waals surface area contributed by atoms with Crippen molar-refractivity contribution in [3.8, 4) is 0 Å². The average molecular weight is 208 g/mol. The standard InChI is InChI=1S/C10H16N4O/c1-14-10(12-7-13-14)6-9(15)8-4-2-3-5-11-8/h7-8,11H,2-6H2,1H3. The van der Waals surface area contributed by atoms with Gasteiger partial charge in [-0.25, -0.2) is 4.98 Å². The predicted molar refractivity (Wildman–Crippen MR) is 55.4 cm³/mol. The summed E-state index contributed by atoms with van der Waals surface area (Å²) in [6.45, 7) is 0.954. The van der Waals surface area contributed by atoms with E-state index in [0.717, 1.165) is 25.2 Å². The first-order valence-corrected chi connectivity index (χ1v) is 5.36. The molecular formula is C10H16N4O. The van der Waals surface area contributed by atoms with Gasteiger partial charge in [0.05, 0.1) is 12.5 Å². The van der Waals surface area contributed by atoms with Crippen LogP contribution in [-0.4, -0.2) is 33.1 Å². The molecule has 1 N–H and O–H groups in total. The highest BCUT2D eigenvalue weighted by Gasteiger charge is 2.21. The number of carbonyl (C=O) groups excluding carboxylic acids is 1. The zero-order valence-corrected chi connectivity index (χ0v) is 8.94. The van der Waals surface area contributed by atoms with Gasteiger partial charge in [-0.3, -0.25) is 9.48 Å². The van der Waals surface area contributed by atoms with E-state index in [-0.39, 0.29) is 11.8 Å². The van der Waals surface area contributed by atoms with E-state index in [1.54, 1.807) is 4.68 Å². The van der Waals surface area contributed by atoms with Crippen molar-refractivity contribution in [1.82, 2.24) is 20.1 Å². The minimum absolute atomic E-state index is 0.0236. The molecule has 0 aliphatic carbocycles. The van der Waals surface area contributed by atoms with Crippen molar-refractivity contribution in [2.45, 2.75) is 31.7 Å². The first-order chi connectivity index (χ1) is 7.27. The number of nitrogens with one attached hydrogen (secondary N) is 1. The molecule has 0 radical (unpaired) electrons. The van der Waals surface area contributed by atoms with E-state index in [0.29, 0.717) is 6.42 Å².